The highest BCUT2D eigenvalue weighted by molar-refractivity contribution is 5.94. The van der Waals surface area contributed by atoms with Gasteiger partial charge in [-0.1, -0.05) is 13.8 Å². The predicted molar refractivity (Wildman–Crippen MR) is 79.5 cm³/mol. The van der Waals surface area contributed by atoms with Gasteiger partial charge in [0, 0.05) is 25.3 Å². The fourth-order valence-corrected chi connectivity index (χ4v) is 1.92. The zero-order valence-corrected chi connectivity index (χ0v) is 12.4. The van der Waals surface area contributed by atoms with Gasteiger partial charge in [0.25, 0.3) is 5.91 Å². The lowest BCUT2D eigenvalue weighted by atomic mass is 10.1. The maximum absolute atomic E-state index is 12.4. The lowest BCUT2D eigenvalue weighted by Gasteiger charge is -2.27. The molecule has 0 fully saturated rings. The molecule has 4 heteroatoms. The van der Waals surface area contributed by atoms with Crippen LogP contribution in [0.2, 0.25) is 0 Å². The molecule has 0 aliphatic carbocycles. The number of aromatic nitrogens is 1. The van der Waals surface area contributed by atoms with Crippen molar-refractivity contribution in [2.24, 2.45) is 0 Å². The first-order valence-electron chi connectivity index (χ1n) is 7.14. The smallest absolute Gasteiger partial charge is 0.255 e. The number of amides is 1. The summed E-state index contributed by atoms with van der Waals surface area (Å²) in [6.07, 6.45) is 3.68. The SMILES string of the molecule is CCCNc1ccc(C(=O)N(CC)C(C)CC)cn1. The van der Waals surface area contributed by atoms with Crippen LogP contribution in [0.1, 0.15) is 50.9 Å². The molecule has 1 aromatic rings. The lowest BCUT2D eigenvalue weighted by molar-refractivity contribution is 0.0699. The highest BCUT2D eigenvalue weighted by atomic mass is 16.2. The zero-order valence-electron chi connectivity index (χ0n) is 12.4. The molecule has 1 amide bonds. The molecule has 1 atom stereocenters. The molecule has 4 nitrogen and oxygen atoms in total. The van der Waals surface area contributed by atoms with Crippen LogP contribution in [0.5, 0.6) is 0 Å². The van der Waals surface area contributed by atoms with Crippen molar-refractivity contribution in [3.8, 4) is 0 Å². The minimum absolute atomic E-state index is 0.0615. The van der Waals surface area contributed by atoms with E-state index in [9.17, 15) is 4.79 Å². The highest BCUT2D eigenvalue weighted by Gasteiger charge is 2.18. The van der Waals surface area contributed by atoms with E-state index in [-0.39, 0.29) is 11.9 Å². The fourth-order valence-electron chi connectivity index (χ4n) is 1.92. The molecular weight excluding hydrogens is 238 g/mol. The number of anilines is 1. The number of pyridine rings is 1. The summed E-state index contributed by atoms with van der Waals surface area (Å²) in [6, 6.07) is 3.97. The van der Waals surface area contributed by atoms with Gasteiger partial charge in [-0.05, 0) is 38.8 Å². The topological polar surface area (TPSA) is 45.2 Å². The number of carbonyl (C=O) groups is 1. The molecule has 1 heterocycles. The van der Waals surface area contributed by atoms with E-state index in [1.807, 2.05) is 24.0 Å². The van der Waals surface area contributed by atoms with Gasteiger partial charge >= 0.3 is 0 Å². The van der Waals surface area contributed by atoms with Gasteiger partial charge in [0.15, 0.2) is 0 Å². The van der Waals surface area contributed by atoms with Crippen LogP contribution in [0.4, 0.5) is 5.82 Å². The fraction of sp³-hybridized carbons (Fsp3) is 0.600. The van der Waals surface area contributed by atoms with Gasteiger partial charge in [0.2, 0.25) is 0 Å². The Labute approximate surface area is 116 Å². The maximum atomic E-state index is 12.4. The first-order valence-corrected chi connectivity index (χ1v) is 7.14. The molecule has 19 heavy (non-hydrogen) atoms. The van der Waals surface area contributed by atoms with Crippen molar-refractivity contribution >= 4 is 11.7 Å². The Morgan fingerprint density at radius 3 is 2.58 bits per heavy atom. The highest BCUT2D eigenvalue weighted by Crippen LogP contribution is 2.12. The Bertz CT molecular complexity index is 389. The molecule has 1 unspecified atom stereocenters. The second-order valence-corrected chi connectivity index (χ2v) is 4.71. The molecule has 0 radical (unpaired) electrons. The standard InChI is InChI=1S/C15H25N3O/c1-5-10-16-14-9-8-13(11-17-14)15(19)18(7-3)12(4)6-2/h8-9,11-12H,5-7,10H2,1-4H3,(H,16,17). The predicted octanol–water partition coefficient (Wildman–Crippen LogP) is 3.16. The molecule has 0 aliphatic heterocycles. The summed E-state index contributed by atoms with van der Waals surface area (Å²) in [7, 11) is 0. The Balaban J connectivity index is 2.76. The van der Waals surface area contributed by atoms with E-state index < -0.39 is 0 Å². The van der Waals surface area contributed by atoms with E-state index in [1.54, 1.807) is 6.20 Å². The van der Waals surface area contributed by atoms with Crippen LogP contribution in [-0.2, 0) is 0 Å². The second kappa shape index (κ2) is 7.77. The van der Waals surface area contributed by atoms with E-state index in [1.165, 1.54) is 0 Å². The molecule has 0 saturated heterocycles. The van der Waals surface area contributed by atoms with Crippen molar-refractivity contribution in [1.82, 2.24) is 9.88 Å². The van der Waals surface area contributed by atoms with Crippen LogP contribution < -0.4 is 5.32 Å². The van der Waals surface area contributed by atoms with Crippen LogP contribution in [0.25, 0.3) is 0 Å². The average molecular weight is 263 g/mol. The summed E-state index contributed by atoms with van der Waals surface area (Å²) in [4.78, 5) is 18.5. The molecule has 0 saturated carbocycles. The largest absolute Gasteiger partial charge is 0.370 e. The number of nitrogens with one attached hydrogen (secondary N) is 1. The van der Waals surface area contributed by atoms with E-state index >= 15 is 0 Å². The first-order chi connectivity index (χ1) is 9.13. The molecule has 0 aromatic carbocycles. The molecule has 0 spiro atoms. The van der Waals surface area contributed by atoms with Gasteiger partial charge in [-0.3, -0.25) is 4.79 Å². The summed E-state index contributed by atoms with van der Waals surface area (Å²) in [6.45, 7) is 9.91. The zero-order chi connectivity index (χ0) is 14.3. The van der Waals surface area contributed by atoms with E-state index in [0.29, 0.717) is 5.56 Å². The number of rotatable bonds is 7. The summed E-state index contributed by atoms with van der Waals surface area (Å²) >= 11 is 0. The van der Waals surface area contributed by atoms with Gasteiger partial charge in [-0.25, -0.2) is 4.98 Å². The van der Waals surface area contributed by atoms with Crippen LogP contribution >= 0.6 is 0 Å². The Morgan fingerprint density at radius 1 is 1.37 bits per heavy atom. The van der Waals surface area contributed by atoms with Crippen molar-refractivity contribution in [3.05, 3.63) is 23.9 Å². The van der Waals surface area contributed by atoms with Gasteiger partial charge < -0.3 is 10.2 Å². The number of carbonyl (C=O) groups excluding carboxylic acids is 1. The van der Waals surface area contributed by atoms with Crippen molar-refractivity contribution in [3.63, 3.8) is 0 Å². The summed E-state index contributed by atoms with van der Waals surface area (Å²) in [5.41, 5.74) is 0.657. The number of nitrogens with zero attached hydrogens (tertiary/aromatic N) is 2. The van der Waals surface area contributed by atoms with Crippen LogP contribution in [0.15, 0.2) is 18.3 Å². The molecule has 106 valence electrons. The summed E-state index contributed by atoms with van der Waals surface area (Å²) < 4.78 is 0. The quantitative estimate of drug-likeness (QED) is 0.822. The van der Waals surface area contributed by atoms with E-state index in [2.05, 4.69) is 31.1 Å². The minimum Gasteiger partial charge on any atom is -0.370 e. The molecule has 1 N–H and O–H groups in total. The van der Waals surface area contributed by atoms with Gasteiger partial charge in [0.05, 0.1) is 5.56 Å². The Kier molecular flexibility index (Phi) is 6.33. The monoisotopic (exact) mass is 263 g/mol. The third kappa shape index (κ3) is 4.23. The van der Waals surface area contributed by atoms with Gasteiger partial charge in [0.1, 0.15) is 5.82 Å². The summed E-state index contributed by atoms with van der Waals surface area (Å²) in [5.74, 6) is 0.886. The van der Waals surface area contributed by atoms with Crippen molar-refractivity contribution in [2.45, 2.75) is 46.6 Å². The molecule has 1 aromatic heterocycles. The van der Waals surface area contributed by atoms with Crippen LogP contribution in [-0.4, -0.2) is 34.9 Å². The van der Waals surface area contributed by atoms with E-state index in [0.717, 1.165) is 31.7 Å². The van der Waals surface area contributed by atoms with Gasteiger partial charge in [-0.2, -0.15) is 0 Å². The second-order valence-electron chi connectivity index (χ2n) is 4.71. The lowest BCUT2D eigenvalue weighted by Crippen LogP contribution is -2.38. The third-order valence-corrected chi connectivity index (χ3v) is 3.29. The maximum Gasteiger partial charge on any atom is 0.255 e. The summed E-state index contributed by atoms with van der Waals surface area (Å²) in [5, 5.41) is 3.20. The Morgan fingerprint density at radius 2 is 2.11 bits per heavy atom. The van der Waals surface area contributed by atoms with Crippen molar-refractivity contribution in [1.29, 1.82) is 0 Å². The minimum atomic E-state index is 0.0615. The van der Waals surface area contributed by atoms with Crippen LogP contribution in [0, 0.1) is 0 Å². The average Bonchev–Trinajstić information content (AvgIpc) is 2.46. The normalized spacial score (nSPS) is 12.0. The van der Waals surface area contributed by atoms with Crippen molar-refractivity contribution < 1.29 is 4.79 Å². The molecular formula is C15H25N3O. The first kappa shape index (κ1) is 15.5. The van der Waals surface area contributed by atoms with Gasteiger partial charge in [-0.15, -0.1) is 0 Å². The molecule has 0 bridgehead atoms. The van der Waals surface area contributed by atoms with E-state index in [4.69, 9.17) is 0 Å². The molecule has 0 aliphatic rings. The third-order valence-electron chi connectivity index (χ3n) is 3.29. The number of hydrogen-bond acceptors (Lipinski definition) is 3. The molecule has 1 rings (SSSR count). The number of hydrogen-bond donors (Lipinski definition) is 1. The van der Waals surface area contributed by atoms with Crippen LogP contribution in [0.3, 0.4) is 0 Å². The van der Waals surface area contributed by atoms with Crippen molar-refractivity contribution in [2.75, 3.05) is 18.4 Å². The Hall–Kier alpha value is -1.58.